The highest BCUT2D eigenvalue weighted by Crippen LogP contribution is 2.21. The molecule has 1 aliphatic rings. The zero-order valence-electron chi connectivity index (χ0n) is 12.7. The standard InChI is InChI=1S/C15H21NO7/c1-21-14-11(13(19)12(18)10(7-17)23-14)16-15(20)22-8-9-5-3-2-4-6-9/h2-6,10-14,17-19H,7-8H2,1H3,(H,16,20). The van der Waals surface area contributed by atoms with Crippen molar-refractivity contribution in [2.75, 3.05) is 13.7 Å². The van der Waals surface area contributed by atoms with Crippen molar-refractivity contribution in [3.8, 4) is 0 Å². The summed E-state index contributed by atoms with van der Waals surface area (Å²) in [5.41, 5.74) is 0.812. The van der Waals surface area contributed by atoms with Crippen molar-refractivity contribution in [1.82, 2.24) is 5.32 Å². The van der Waals surface area contributed by atoms with Crippen molar-refractivity contribution in [2.45, 2.75) is 37.3 Å². The Morgan fingerprint density at radius 3 is 2.57 bits per heavy atom. The molecule has 5 unspecified atom stereocenters. The summed E-state index contributed by atoms with van der Waals surface area (Å²) in [4.78, 5) is 11.9. The molecule has 2 rings (SSSR count). The van der Waals surface area contributed by atoms with E-state index in [4.69, 9.17) is 19.3 Å². The van der Waals surface area contributed by atoms with Crippen LogP contribution in [0.3, 0.4) is 0 Å². The number of ether oxygens (including phenoxy) is 3. The topological polar surface area (TPSA) is 117 Å². The highest BCUT2D eigenvalue weighted by Gasteiger charge is 2.45. The minimum atomic E-state index is -1.37. The summed E-state index contributed by atoms with van der Waals surface area (Å²) in [5, 5.41) is 31.5. The van der Waals surface area contributed by atoms with Gasteiger partial charge in [-0.15, -0.1) is 0 Å². The Balaban J connectivity index is 1.92. The summed E-state index contributed by atoms with van der Waals surface area (Å²) in [6.45, 7) is -0.418. The third-order valence-corrected chi connectivity index (χ3v) is 3.61. The first-order valence-corrected chi connectivity index (χ1v) is 7.19. The fourth-order valence-electron chi connectivity index (χ4n) is 2.34. The SMILES string of the molecule is COC1OC(CO)C(O)C(O)C1NC(=O)OCc1ccccc1. The van der Waals surface area contributed by atoms with Crippen molar-refractivity contribution in [2.24, 2.45) is 0 Å². The third-order valence-electron chi connectivity index (χ3n) is 3.61. The minimum absolute atomic E-state index is 0.0653. The van der Waals surface area contributed by atoms with E-state index in [1.165, 1.54) is 7.11 Å². The predicted octanol–water partition coefficient (Wildman–Crippen LogP) is -0.633. The Bertz CT molecular complexity index is 496. The van der Waals surface area contributed by atoms with Crippen LogP contribution in [0.25, 0.3) is 0 Å². The van der Waals surface area contributed by atoms with Crippen LogP contribution in [0, 0.1) is 0 Å². The molecule has 1 fully saturated rings. The molecule has 0 aliphatic carbocycles. The first kappa shape index (κ1) is 17.6. The fraction of sp³-hybridized carbons (Fsp3) is 0.533. The summed E-state index contributed by atoms with van der Waals surface area (Å²) in [6.07, 6.45) is -5.51. The predicted molar refractivity (Wildman–Crippen MR) is 78.3 cm³/mol. The summed E-state index contributed by atoms with van der Waals surface area (Å²) in [7, 11) is 1.33. The van der Waals surface area contributed by atoms with E-state index in [0.29, 0.717) is 0 Å². The van der Waals surface area contributed by atoms with E-state index in [2.05, 4.69) is 5.32 Å². The molecule has 8 nitrogen and oxygen atoms in total. The summed E-state index contributed by atoms with van der Waals surface area (Å²) < 4.78 is 15.4. The van der Waals surface area contributed by atoms with Gasteiger partial charge in [0, 0.05) is 7.11 Å². The molecule has 0 saturated carbocycles. The number of amides is 1. The van der Waals surface area contributed by atoms with Gasteiger partial charge in [0.1, 0.15) is 31.0 Å². The molecular weight excluding hydrogens is 306 g/mol. The van der Waals surface area contributed by atoms with Crippen molar-refractivity contribution in [1.29, 1.82) is 0 Å². The van der Waals surface area contributed by atoms with Gasteiger partial charge in [0.05, 0.1) is 6.61 Å². The smallest absolute Gasteiger partial charge is 0.407 e. The Hall–Kier alpha value is -1.71. The summed E-state index contributed by atoms with van der Waals surface area (Å²) in [5.74, 6) is 0. The normalized spacial score (nSPS) is 30.7. The number of carbonyl (C=O) groups is 1. The van der Waals surface area contributed by atoms with Crippen molar-refractivity contribution in [3.63, 3.8) is 0 Å². The van der Waals surface area contributed by atoms with Crippen LogP contribution in [0.5, 0.6) is 0 Å². The fourth-order valence-corrected chi connectivity index (χ4v) is 2.34. The molecule has 23 heavy (non-hydrogen) atoms. The number of hydrogen-bond acceptors (Lipinski definition) is 7. The zero-order valence-corrected chi connectivity index (χ0v) is 12.7. The summed E-state index contributed by atoms with van der Waals surface area (Å²) >= 11 is 0. The second-order valence-electron chi connectivity index (χ2n) is 5.17. The minimum Gasteiger partial charge on any atom is -0.445 e. The molecule has 1 amide bonds. The zero-order chi connectivity index (χ0) is 16.8. The molecule has 8 heteroatoms. The van der Waals surface area contributed by atoms with Gasteiger partial charge in [-0.25, -0.2) is 4.79 Å². The van der Waals surface area contributed by atoms with Gasteiger partial charge in [-0.1, -0.05) is 30.3 Å². The van der Waals surface area contributed by atoms with Crippen LogP contribution in [0.15, 0.2) is 30.3 Å². The van der Waals surface area contributed by atoms with Crippen LogP contribution in [-0.4, -0.2) is 65.8 Å². The van der Waals surface area contributed by atoms with E-state index in [9.17, 15) is 15.0 Å². The first-order chi connectivity index (χ1) is 11.1. The molecule has 4 N–H and O–H groups in total. The molecular formula is C15H21NO7. The Labute approximate surface area is 133 Å². The number of hydrogen-bond donors (Lipinski definition) is 4. The highest BCUT2D eigenvalue weighted by molar-refractivity contribution is 5.67. The van der Waals surface area contributed by atoms with Gasteiger partial charge in [-0.3, -0.25) is 0 Å². The molecule has 0 radical (unpaired) electrons. The average Bonchev–Trinajstić information content (AvgIpc) is 2.58. The molecule has 5 atom stereocenters. The van der Waals surface area contributed by atoms with E-state index in [1.54, 1.807) is 12.1 Å². The van der Waals surface area contributed by atoms with Gasteiger partial charge in [0.2, 0.25) is 0 Å². The molecule has 1 aliphatic heterocycles. The van der Waals surface area contributed by atoms with E-state index >= 15 is 0 Å². The molecule has 1 saturated heterocycles. The quantitative estimate of drug-likeness (QED) is 0.568. The average molecular weight is 327 g/mol. The van der Waals surface area contributed by atoms with Gasteiger partial charge in [0.15, 0.2) is 6.29 Å². The Kier molecular flexibility index (Phi) is 6.31. The maximum absolute atomic E-state index is 11.9. The van der Waals surface area contributed by atoms with E-state index in [1.807, 2.05) is 18.2 Å². The van der Waals surface area contributed by atoms with Gasteiger partial charge in [0.25, 0.3) is 0 Å². The lowest BCUT2D eigenvalue weighted by Gasteiger charge is -2.41. The van der Waals surface area contributed by atoms with E-state index < -0.39 is 43.3 Å². The second kappa shape index (κ2) is 8.23. The number of alkyl carbamates (subject to hydrolysis) is 1. The van der Waals surface area contributed by atoms with Gasteiger partial charge in [-0.2, -0.15) is 0 Å². The number of aliphatic hydroxyl groups excluding tert-OH is 3. The van der Waals surface area contributed by atoms with Crippen LogP contribution in [0.4, 0.5) is 4.79 Å². The lowest BCUT2D eigenvalue weighted by Crippen LogP contribution is -2.64. The first-order valence-electron chi connectivity index (χ1n) is 7.19. The molecule has 1 aromatic carbocycles. The molecule has 0 spiro atoms. The number of carbonyl (C=O) groups excluding carboxylic acids is 1. The highest BCUT2D eigenvalue weighted by atomic mass is 16.7. The van der Waals surface area contributed by atoms with E-state index in [-0.39, 0.29) is 6.61 Å². The van der Waals surface area contributed by atoms with Crippen molar-refractivity contribution >= 4 is 6.09 Å². The van der Waals surface area contributed by atoms with Crippen LogP contribution in [0.2, 0.25) is 0 Å². The number of benzene rings is 1. The van der Waals surface area contributed by atoms with Gasteiger partial charge < -0.3 is 34.8 Å². The number of nitrogens with one attached hydrogen (secondary N) is 1. The molecule has 0 aromatic heterocycles. The van der Waals surface area contributed by atoms with Crippen LogP contribution < -0.4 is 5.32 Å². The number of aliphatic hydroxyl groups is 3. The molecule has 1 aromatic rings. The Morgan fingerprint density at radius 1 is 1.26 bits per heavy atom. The summed E-state index contributed by atoms with van der Waals surface area (Å²) in [6, 6.07) is 8.07. The third kappa shape index (κ3) is 4.40. The van der Waals surface area contributed by atoms with Crippen molar-refractivity contribution < 1.29 is 34.3 Å². The second-order valence-corrected chi connectivity index (χ2v) is 5.17. The Morgan fingerprint density at radius 2 is 1.96 bits per heavy atom. The van der Waals surface area contributed by atoms with Gasteiger partial charge >= 0.3 is 6.09 Å². The largest absolute Gasteiger partial charge is 0.445 e. The van der Waals surface area contributed by atoms with Crippen LogP contribution in [0.1, 0.15) is 5.56 Å². The van der Waals surface area contributed by atoms with Crippen molar-refractivity contribution in [3.05, 3.63) is 35.9 Å². The van der Waals surface area contributed by atoms with Crippen LogP contribution in [-0.2, 0) is 20.8 Å². The van der Waals surface area contributed by atoms with Crippen LogP contribution >= 0.6 is 0 Å². The lowest BCUT2D eigenvalue weighted by molar-refractivity contribution is -0.262. The number of rotatable bonds is 5. The maximum atomic E-state index is 11.9. The monoisotopic (exact) mass is 327 g/mol. The maximum Gasteiger partial charge on any atom is 0.407 e. The molecule has 0 bridgehead atoms. The van der Waals surface area contributed by atoms with E-state index in [0.717, 1.165) is 5.56 Å². The number of methoxy groups -OCH3 is 1. The van der Waals surface area contributed by atoms with Gasteiger partial charge in [-0.05, 0) is 5.56 Å². The molecule has 128 valence electrons. The molecule has 1 heterocycles. The lowest BCUT2D eigenvalue weighted by atomic mass is 9.97.